The molecule has 13 heteroatoms. The number of carbonyl (C=O) groups is 1. The summed E-state index contributed by atoms with van der Waals surface area (Å²) in [4.78, 5) is 27.2. The van der Waals surface area contributed by atoms with Gasteiger partial charge in [0.05, 0.1) is 48.2 Å². The molecule has 2 bridgehead atoms. The molecule has 1 aliphatic carbocycles. The second-order valence-corrected chi connectivity index (χ2v) is 12.3. The molecule has 2 unspecified atom stereocenters. The first-order chi connectivity index (χ1) is 19.6. The first-order valence-corrected chi connectivity index (χ1v) is 15.2. The van der Waals surface area contributed by atoms with Gasteiger partial charge in [-0.15, -0.1) is 0 Å². The zero-order valence-electron chi connectivity index (χ0n) is 23.1. The van der Waals surface area contributed by atoms with Crippen molar-refractivity contribution in [2.24, 2.45) is 0 Å². The van der Waals surface area contributed by atoms with E-state index in [0.29, 0.717) is 36.2 Å². The van der Waals surface area contributed by atoms with E-state index >= 15 is 0 Å². The average Bonchev–Trinajstić information content (AvgIpc) is 3.60. The largest absolute Gasteiger partial charge is 0.453 e. The van der Waals surface area contributed by atoms with Crippen LogP contribution in [0, 0.1) is 6.92 Å². The molecule has 4 saturated heterocycles. The Hall–Kier alpha value is -3.03. The van der Waals surface area contributed by atoms with Gasteiger partial charge in [-0.1, -0.05) is 0 Å². The molecule has 12 nitrogen and oxygen atoms in total. The van der Waals surface area contributed by atoms with Gasteiger partial charge in [-0.3, -0.25) is 14.5 Å². The minimum Gasteiger partial charge on any atom is -0.453 e. The highest BCUT2D eigenvalue weighted by atomic mass is 32.1. The number of piperidine rings is 1. The molecule has 1 saturated carbocycles. The van der Waals surface area contributed by atoms with Gasteiger partial charge in [-0.2, -0.15) is 19.4 Å². The van der Waals surface area contributed by atoms with Crippen molar-refractivity contribution in [1.82, 2.24) is 33.9 Å². The maximum absolute atomic E-state index is 12.0. The Kier molecular flexibility index (Phi) is 6.96. The summed E-state index contributed by atoms with van der Waals surface area (Å²) in [5.41, 5.74) is 1.83. The summed E-state index contributed by atoms with van der Waals surface area (Å²) in [7, 11) is 1.47. The lowest BCUT2D eigenvalue weighted by Crippen LogP contribution is -2.71. The number of nitrogens with zero attached hydrogens (tertiary/aromatic N) is 7. The number of hydrogen-bond acceptors (Lipinski definition) is 11. The number of ether oxygens (including phenoxy) is 2. The van der Waals surface area contributed by atoms with Gasteiger partial charge in [0.2, 0.25) is 5.95 Å². The molecule has 2 atom stereocenters. The van der Waals surface area contributed by atoms with Crippen molar-refractivity contribution in [1.29, 1.82) is 0 Å². The summed E-state index contributed by atoms with van der Waals surface area (Å²) >= 11 is 1.41. The van der Waals surface area contributed by atoms with Crippen LogP contribution in [0.15, 0.2) is 12.4 Å². The lowest BCUT2D eigenvalue weighted by molar-refractivity contribution is -0.0720. The molecule has 2 N–H and O–H groups in total. The summed E-state index contributed by atoms with van der Waals surface area (Å²) < 4.78 is 17.1. The topological polar surface area (TPSA) is 123 Å². The predicted octanol–water partition coefficient (Wildman–Crippen LogP) is 3.93. The monoisotopic (exact) mass is 567 g/mol. The van der Waals surface area contributed by atoms with Crippen molar-refractivity contribution in [3.8, 4) is 0 Å². The standard InChI is InChI=1S/C27H37N9O3S/c1-16-23-24(29-17-3-5-19(6-4-17)34-14-21-11-22(15-34)36(21)27(37)38-2)31-26(32-25(23)40-33-16)30-18-12-28-35(13-18)20-7-9-39-10-8-20/h12-13,17,19-22H,3-11,14-15H2,1-2H3,(H2,29,30,31,32). The maximum Gasteiger partial charge on any atom is 0.410 e. The summed E-state index contributed by atoms with van der Waals surface area (Å²) in [5, 5.41) is 12.7. The average molecular weight is 568 g/mol. The molecule has 5 fully saturated rings. The molecule has 3 aromatic rings. The molecule has 1 amide bonds. The lowest BCUT2D eigenvalue weighted by Gasteiger charge is -2.57. The molecular formula is C27H37N9O3S. The van der Waals surface area contributed by atoms with Gasteiger partial charge in [-0.25, -0.2) is 4.79 Å². The third-order valence-electron chi connectivity index (χ3n) is 9.09. The van der Waals surface area contributed by atoms with E-state index in [1.165, 1.54) is 18.6 Å². The zero-order valence-corrected chi connectivity index (χ0v) is 23.9. The van der Waals surface area contributed by atoms with Crippen LogP contribution in [0.4, 0.5) is 22.2 Å². The zero-order chi connectivity index (χ0) is 27.2. The highest BCUT2D eigenvalue weighted by Gasteiger charge is 2.49. The van der Waals surface area contributed by atoms with Crippen molar-refractivity contribution < 1.29 is 14.3 Å². The number of fused-ring (bicyclic) bond motifs is 3. The summed E-state index contributed by atoms with van der Waals surface area (Å²) in [6.45, 7) is 5.50. The molecule has 3 aromatic heterocycles. The van der Waals surface area contributed by atoms with Crippen LogP contribution in [0.3, 0.4) is 0 Å². The van der Waals surface area contributed by atoms with E-state index in [2.05, 4.69) is 25.0 Å². The van der Waals surface area contributed by atoms with Crippen molar-refractivity contribution in [2.75, 3.05) is 44.0 Å². The smallest absolute Gasteiger partial charge is 0.410 e. The van der Waals surface area contributed by atoms with Crippen molar-refractivity contribution in [3.63, 3.8) is 0 Å². The van der Waals surface area contributed by atoms with E-state index < -0.39 is 0 Å². The van der Waals surface area contributed by atoms with Crippen molar-refractivity contribution in [2.45, 2.75) is 82.1 Å². The van der Waals surface area contributed by atoms with E-state index in [-0.39, 0.29) is 6.09 Å². The second-order valence-electron chi connectivity index (χ2n) is 11.5. The molecule has 0 aromatic carbocycles. The number of hydrogen-bond donors (Lipinski definition) is 2. The van der Waals surface area contributed by atoms with Crippen LogP contribution in [-0.2, 0) is 9.47 Å². The van der Waals surface area contributed by atoms with E-state index in [9.17, 15) is 4.79 Å². The number of nitrogens with one attached hydrogen (secondary N) is 2. The van der Waals surface area contributed by atoms with Crippen LogP contribution in [0.5, 0.6) is 0 Å². The number of piperazine rings is 1. The van der Waals surface area contributed by atoms with E-state index in [4.69, 9.17) is 19.4 Å². The predicted molar refractivity (Wildman–Crippen MR) is 152 cm³/mol. The van der Waals surface area contributed by atoms with Crippen LogP contribution in [0.1, 0.15) is 56.7 Å². The van der Waals surface area contributed by atoms with Crippen molar-refractivity contribution in [3.05, 3.63) is 18.1 Å². The Labute approximate surface area is 237 Å². The molecule has 40 heavy (non-hydrogen) atoms. The third kappa shape index (κ3) is 4.88. The molecule has 0 spiro atoms. The molecule has 7 heterocycles. The Bertz CT molecular complexity index is 1350. The molecular weight excluding hydrogens is 530 g/mol. The van der Waals surface area contributed by atoms with Crippen LogP contribution in [-0.4, -0.2) is 97.6 Å². The summed E-state index contributed by atoms with van der Waals surface area (Å²) in [6, 6.07) is 1.90. The number of methoxy groups -OCH3 is 1. The third-order valence-corrected chi connectivity index (χ3v) is 9.92. The molecule has 5 aliphatic rings. The fourth-order valence-electron chi connectivity index (χ4n) is 6.95. The quantitative estimate of drug-likeness (QED) is 0.453. The van der Waals surface area contributed by atoms with E-state index in [1.54, 1.807) is 0 Å². The number of amides is 1. The highest BCUT2D eigenvalue weighted by molar-refractivity contribution is 7.13. The summed E-state index contributed by atoms with van der Waals surface area (Å²) in [5.74, 6) is 1.41. The Morgan fingerprint density at radius 3 is 2.58 bits per heavy atom. The van der Waals surface area contributed by atoms with Crippen LogP contribution in [0.25, 0.3) is 10.2 Å². The van der Waals surface area contributed by atoms with Crippen molar-refractivity contribution >= 4 is 45.3 Å². The first kappa shape index (κ1) is 25.9. The van der Waals surface area contributed by atoms with E-state index in [1.807, 2.05) is 28.9 Å². The second kappa shape index (κ2) is 10.7. The molecule has 214 valence electrons. The summed E-state index contributed by atoms with van der Waals surface area (Å²) in [6.07, 6.45) is 11.2. The fraction of sp³-hybridized carbons (Fsp3) is 0.667. The lowest BCUT2D eigenvalue weighted by atomic mass is 9.83. The van der Waals surface area contributed by atoms with Gasteiger partial charge in [-0.05, 0) is 63.4 Å². The minimum atomic E-state index is -0.176. The van der Waals surface area contributed by atoms with Crippen LogP contribution >= 0.6 is 11.5 Å². The number of rotatable bonds is 6. The first-order valence-electron chi connectivity index (χ1n) is 14.5. The van der Waals surface area contributed by atoms with Gasteiger partial charge >= 0.3 is 6.09 Å². The Balaban J connectivity index is 1.00. The highest BCUT2D eigenvalue weighted by Crippen LogP contribution is 2.37. The van der Waals surface area contributed by atoms with Gasteiger partial charge in [0, 0.05) is 44.6 Å². The molecule has 8 rings (SSSR count). The number of carbonyl (C=O) groups excluding carboxylic acids is 1. The normalized spacial score (nSPS) is 27.4. The fourth-order valence-corrected chi connectivity index (χ4v) is 7.73. The van der Waals surface area contributed by atoms with Crippen LogP contribution < -0.4 is 10.6 Å². The Morgan fingerprint density at radius 2 is 1.82 bits per heavy atom. The minimum absolute atomic E-state index is 0.176. The van der Waals surface area contributed by atoms with Gasteiger partial charge in [0.1, 0.15) is 5.82 Å². The van der Waals surface area contributed by atoms with Gasteiger partial charge < -0.3 is 20.1 Å². The molecule has 4 aliphatic heterocycles. The SMILES string of the molecule is COC(=O)N1C2CC1CN(C1CCC(Nc3nc(Nc4cnn(C5CCOCC5)c4)nc4snc(C)c34)CC1)C2. The van der Waals surface area contributed by atoms with Gasteiger partial charge in [0.25, 0.3) is 0 Å². The number of aromatic nitrogens is 5. The molecule has 0 radical (unpaired) electrons. The number of aryl methyl sites for hydroxylation is 1. The number of anilines is 3. The van der Waals surface area contributed by atoms with Crippen LogP contribution in [0.2, 0.25) is 0 Å². The van der Waals surface area contributed by atoms with Gasteiger partial charge in [0.15, 0.2) is 4.83 Å². The maximum atomic E-state index is 12.0. The Morgan fingerprint density at radius 1 is 1.05 bits per heavy atom. The van der Waals surface area contributed by atoms with E-state index in [0.717, 1.165) is 98.7 Å².